The normalized spacial score (nSPS) is 10.7. The Labute approximate surface area is 167 Å². The van der Waals surface area contributed by atoms with Gasteiger partial charge in [0.2, 0.25) is 0 Å². The van der Waals surface area contributed by atoms with Crippen LogP contribution in [0.1, 0.15) is 16.1 Å². The van der Waals surface area contributed by atoms with E-state index in [-0.39, 0.29) is 12.2 Å². The first kappa shape index (κ1) is 19.7. The molecule has 2 N–H and O–H groups in total. The van der Waals surface area contributed by atoms with Crippen LogP contribution in [-0.2, 0) is 4.79 Å². The molecule has 29 heavy (non-hydrogen) atoms. The van der Waals surface area contributed by atoms with E-state index in [1.165, 1.54) is 19.4 Å². The van der Waals surface area contributed by atoms with Crippen LogP contribution in [0, 0.1) is 0 Å². The summed E-state index contributed by atoms with van der Waals surface area (Å²) in [6, 6.07) is 17.1. The van der Waals surface area contributed by atoms with Crippen molar-refractivity contribution in [2.45, 2.75) is 0 Å². The van der Waals surface area contributed by atoms with E-state index >= 15 is 0 Å². The quantitative estimate of drug-likeness (QED) is 0.453. The summed E-state index contributed by atoms with van der Waals surface area (Å²) in [5.41, 5.74) is 3.91. The van der Waals surface area contributed by atoms with Crippen LogP contribution in [0.3, 0.4) is 0 Å². The van der Waals surface area contributed by atoms with Crippen LogP contribution in [-0.4, -0.2) is 41.5 Å². The molecule has 8 heteroatoms. The Balaban J connectivity index is 1.61. The number of carboxylic acid groups (broad SMARTS) is 1. The molecule has 0 atom stereocenters. The molecule has 1 aromatic heterocycles. The second-order valence-corrected chi connectivity index (χ2v) is 5.89. The molecule has 148 valence electrons. The maximum absolute atomic E-state index is 12.0. The van der Waals surface area contributed by atoms with Gasteiger partial charge in [-0.25, -0.2) is 10.2 Å². The number of carbonyl (C=O) groups excluding carboxylic acids is 1. The third-order valence-corrected chi connectivity index (χ3v) is 3.97. The van der Waals surface area contributed by atoms with Gasteiger partial charge in [0, 0.05) is 11.9 Å². The predicted molar refractivity (Wildman–Crippen MR) is 107 cm³/mol. The highest BCUT2D eigenvalue weighted by Gasteiger charge is 2.08. The van der Waals surface area contributed by atoms with Crippen molar-refractivity contribution in [1.29, 1.82) is 0 Å². The van der Waals surface area contributed by atoms with Crippen LogP contribution in [0.25, 0.3) is 5.69 Å². The lowest BCUT2D eigenvalue weighted by Gasteiger charge is -2.09. The average molecular weight is 393 g/mol. The van der Waals surface area contributed by atoms with E-state index in [0.29, 0.717) is 22.9 Å². The maximum Gasteiger partial charge on any atom is 0.335 e. The van der Waals surface area contributed by atoms with Gasteiger partial charge in [-0.2, -0.15) is 5.10 Å². The number of carbonyl (C=O) groups is 2. The van der Waals surface area contributed by atoms with Crippen molar-refractivity contribution in [3.8, 4) is 17.2 Å². The molecular formula is C21H19N3O5. The summed E-state index contributed by atoms with van der Waals surface area (Å²) in [6.45, 7) is -0.223. The monoisotopic (exact) mass is 393 g/mol. The number of rotatable bonds is 8. The third kappa shape index (κ3) is 5.01. The lowest BCUT2D eigenvalue weighted by Crippen LogP contribution is -2.24. The van der Waals surface area contributed by atoms with Gasteiger partial charge < -0.3 is 19.1 Å². The first-order chi connectivity index (χ1) is 14.1. The highest BCUT2D eigenvalue weighted by molar-refractivity contribution is 5.88. The van der Waals surface area contributed by atoms with Crippen molar-refractivity contribution in [1.82, 2.24) is 9.99 Å². The minimum absolute atomic E-state index is 0.181. The highest BCUT2D eigenvalue weighted by Crippen LogP contribution is 2.25. The van der Waals surface area contributed by atoms with Crippen LogP contribution in [0.5, 0.6) is 11.5 Å². The minimum Gasteiger partial charge on any atom is -0.493 e. The molecule has 0 spiro atoms. The topological polar surface area (TPSA) is 102 Å². The minimum atomic E-state index is -1.00. The fraction of sp³-hybridized carbons (Fsp3) is 0.0952. The van der Waals surface area contributed by atoms with Crippen molar-refractivity contribution in [2.75, 3.05) is 13.7 Å². The number of aromatic carboxylic acids is 1. The lowest BCUT2D eigenvalue weighted by atomic mass is 10.2. The van der Waals surface area contributed by atoms with Gasteiger partial charge in [-0.1, -0.05) is 18.2 Å². The smallest absolute Gasteiger partial charge is 0.335 e. The molecule has 8 nitrogen and oxygen atoms in total. The number of methoxy groups -OCH3 is 1. The molecule has 2 aromatic carbocycles. The Morgan fingerprint density at radius 2 is 1.90 bits per heavy atom. The Morgan fingerprint density at radius 3 is 2.66 bits per heavy atom. The van der Waals surface area contributed by atoms with Crippen molar-refractivity contribution in [3.63, 3.8) is 0 Å². The summed E-state index contributed by atoms with van der Waals surface area (Å²) in [5.74, 6) is -0.443. The second kappa shape index (κ2) is 9.23. The number of hydrazone groups is 1. The van der Waals surface area contributed by atoms with Gasteiger partial charge in [0.15, 0.2) is 18.1 Å². The fourth-order valence-corrected chi connectivity index (χ4v) is 2.61. The molecule has 0 radical (unpaired) electrons. The van der Waals surface area contributed by atoms with Gasteiger partial charge in [-0.15, -0.1) is 0 Å². The van der Waals surface area contributed by atoms with Crippen molar-refractivity contribution < 1.29 is 24.2 Å². The zero-order chi connectivity index (χ0) is 20.6. The summed E-state index contributed by atoms with van der Waals surface area (Å²) in [7, 11) is 1.52. The number of hydrogen-bond acceptors (Lipinski definition) is 5. The molecule has 0 saturated carbocycles. The molecule has 0 saturated heterocycles. The van der Waals surface area contributed by atoms with Crippen LogP contribution in [0.15, 0.2) is 72.0 Å². The molecular weight excluding hydrogens is 374 g/mol. The number of benzene rings is 2. The van der Waals surface area contributed by atoms with Crippen molar-refractivity contribution in [2.24, 2.45) is 5.10 Å². The Morgan fingerprint density at radius 1 is 1.10 bits per heavy atom. The number of nitrogens with one attached hydrogen (secondary N) is 1. The van der Waals surface area contributed by atoms with Gasteiger partial charge in [0.1, 0.15) is 0 Å². The Hall–Kier alpha value is -4.07. The summed E-state index contributed by atoms with van der Waals surface area (Å²) in [4.78, 5) is 23.1. The van der Waals surface area contributed by atoms with Crippen molar-refractivity contribution >= 4 is 18.1 Å². The maximum atomic E-state index is 12.0. The second-order valence-electron chi connectivity index (χ2n) is 5.89. The molecule has 0 aliphatic heterocycles. The standard InChI is InChI=1S/C21H19N3O5/c1-28-18-9-2-3-10-19(18)29-14-20(25)23-22-13-17-8-5-11-24(17)16-7-4-6-15(12-16)21(26)27/h2-13H,14H2,1H3,(H,23,25)(H,26,27)/b22-13+. The molecule has 0 aliphatic rings. The molecule has 3 aromatic rings. The van der Waals surface area contributed by atoms with E-state index < -0.39 is 11.9 Å². The first-order valence-electron chi connectivity index (χ1n) is 8.67. The molecule has 3 rings (SSSR count). The molecule has 1 heterocycles. The largest absolute Gasteiger partial charge is 0.493 e. The van der Waals surface area contributed by atoms with Crippen LogP contribution in [0.4, 0.5) is 0 Å². The molecule has 0 aliphatic carbocycles. The van der Waals surface area contributed by atoms with E-state index in [9.17, 15) is 9.59 Å². The number of carboxylic acids is 1. The van der Waals surface area contributed by atoms with E-state index in [0.717, 1.165) is 0 Å². The van der Waals surface area contributed by atoms with E-state index in [1.807, 2.05) is 0 Å². The number of ether oxygens (including phenoxy) is 2. The number of amides is 1. The number of para-hydroxylation sites is 2. The molecule has 0 unspecified atom stereocenters. The Bertz CT molecular complexity index is 1040. The average Bonchev–Trinajstić information content (AvgIpc) is 3.21. The third-order valence-electron chi connectivity index (χ3n) is 3.97. The van der Waals surface area contributed by atoms with Gasteiger partial charge in [0.25, 0.3) is 5.91 Å². The van der Waals surface area contributed by atoms with E-state index in [2.05, 4.69) is 10.5 Å². The van der Waals surface area contributed by atoms with Crippen LogP contribution >= 0.6 is 0 Å². The summed E-state index contributed by atoms with van der Waals surface area (Å²) < 4.78 is 12.4. The number of hydrogen-bond donors (Lipinski definition) is 2. The molecule has 1 amide bonds. The van der Waals surface area contributed by atoms with Gasteiger partial charge in [-0.05, 0) is 42.5 Å². The van der Waals surface area contributed by atoms with Crippen molar-refractivity contribution in [3.05, 3.63) is 78.1 Å². The number of nitrogens with zero attached hydrogens (tertiary/aromatic N) is 2. The van der Waals surface area contributed by atoms with E-state index in [4.69, 9.17) is 14.6 Å². The predicted octanol–water partition coefficient (Wildman–Crippen LogP) is 2.71. The Kier molecular flexibility index (Phi) is 6.26. The van der Waals surface area contributed by atoms with Gasteiger partial charge >= 0.3 is 5.97 Å². The van der Waals surface area contributed by atoms with Gasteiger partial charge in [0.05, 0.1) is 24.6 Å². The zero-order valence-corrected chi connectivity index (χ0v) is 15.6. The summed E-state index contributed by atoms with van der Waals surface area (Å²) in [6.07, 6.45) is 3.24. The van der Waals surface area contributed by atoms with Crippen LogP contribution < -0.4 is 14.9 Å². The SMILES string of the molecule is COc1ccccc1OCC(=O)N/N=C/c1cccn1-c1cccc(C(=O)O)c1. The summed E-state index contributed by atoms with van der Waals surface area (Å²) in [5, 5.41) is 13.1. The van der Waals surface area contributed by atoms with E-state index in [1.54, 1.807) is 65.4 Å². The van der Waals surface area contributed by atoms with Crippen LogP contribution in [0.2, 0.25) is 0 Å². The fourth-order valence-electron chi connectivity index (χ4n) is 2.61. The van der Waals surface area contributed by atoms with Gasteiger partial charge in [-0.3, -0.25) is 4.79 Å². The lowest BCUT2D eigenvalue weighted by molar-refractivity contribution is -0.123. The molecule has 0 fully saturated rings. The number of aromatic nitrogens is 1. The highest BCUT2D eigenvalue weighted by atomic mass is 16.5. The first-order valence-corrected chi connectivity index (χ1v) is 8.67. The summed E-state index contributed by atoms with van der Waals surface area (Å²) >= 11 is 0. The zero-order valence-electron chi connectivity index (χ0n) is 15.6. The molecule has 0 bridgehead atoms.